The van der Waals surface area contributed by atoms with Gasteiger partial charge in [-0.3, -0.25) is 0 Å². The van der Waals surface area contributed by atoms with Crippen LogP contribution in [0.25, 0.3) is 0 Å². The third kappa shape index (κ3) is 3.28. The van der Waals surface area contributed by atoms with Crippen LogP contribution >= 0.6 is 0 Å². The van der Waals surface area contributed by atoms with Crippen LogP contribution in [0.5, 0.6) is 5.75 Å². The molecule has 2 aromatic rings. The molecule has 0 spiro atoms. The number of anilines is 1. The van der Waals surface area contributed by atoms with Crippen molar-refractivity contribution in [2.75, 3.05) is 12.8 Å². The Morgan fingerprint density at radius 3 is 2.71 bits per heavy atom. The van der Waals surface area contributed by atoms with Crippen molar-refractivity contribution in [1.82, 2.24) is 0 Å². The lowest BCUT2D eigenvalue weighted by Gasteiger charge is -2.11. The van der Waals surface area contributed by atoms with E-state index in [-0.39, 0.29) is 29.2 Å². The van der Waals surface area contributed by atoms with Gasteiger partial charge < -0.3 is 15.2 Å². The molecule has 21 heavy (non-hydrogen) atoms. The Hall–Kier alpha value is -2.63. The topological polar surface area (TPSA) is 61.5 Å². The first-order chi connectivity index (χ1) is 10.0. The average molecular weight is 293 g/mol. The van der Waals surface area contributed by atoms with Gasteiger partial charge in [-0.15, -0.1) is 0 Å². The van der Waals surface area contributed by atoms with E-state index in [9.17, 15) is 13.6 Å². The molecule has 0 aliphatic carbocycles. The second-order valence-electron chi connectivity index (χ2n) is 4.24. The first-order valence-electron chi connectivity index (χ1n) is 6.06. The minimum absolute atomic E-state index is 0.0498. The quantitative estimate of drug-likeness (QED) is 0.695. The predicted molar refractivity (Wildman–Crippen MR) is 72.9 cm³/mol. The number of methoxy groups -OCH3 is 1. The second kappa shape index (κ2) is 6.21. The van der Waals surface area contributed by atoms with Gasteiger partial charge in [0.05, 0.1) is 12.8 Å². The summed E-state index contributed by atoms with van der Waals surface area (Å²) in [7, 11) is 1.37. The number of carbonyl (C=O) groups is 1. The summed E-state index contributed by atoms with van der Waals surface area (Å²) in [5.41, 5.74) is 6.03. The van der Waals surface area contributed by atoms with E-state index in [1.807, 2.05) is 0 Å². The Balaban J connectivity index is 2.16. The van der Waals surface area contributed by atoms with Gasteiger partial charge in [0.1, 0.15) is 23.8 Å². The number of ether oxygens (including phenoxy) is 2. The molecule has 0 aromatic heterocycles. The normalized spacial score (nSPS) is 10.2. The van der Waals surface area contributed by atoms with Crippen molar-refractivity contribution in [1.29, 1.82) is 0 Å². The summed E-state index contributed by atoms with van der Waals surface area (Å²) in [6.45, 7) is -0.389. The molecular weight excluding hydrogens is 280 g/mol. The first-order valence-corrected chi connectivity index (χ1v) is 6.06. The fourth-order valence-corrected chi connectivity index (χ4v) is 1.82. The molecule has 0 aliphatic rings. The van der Waals surface area contributed by atoms with Gasteiger partial charge in [-0.1, -0.05) is 6.07 Å². The molecule has 6 heteroatoms. The summed E-state index contributed by atoms with van der Waals surface area (Å²) in [6, 6.07) is 7.54. The lowest BCUT2D eigenvalue weighted by atomic mass is 10.1. The van der Waals surface area contributed by atoms with Gasteiger partial charge in [-0.25, -0.2) is 13.6 Å². The van der Waals surface area contributed by atoms with E-state index >= 15 is 0 Å². The van der Waals surface area contributed by atoms with Crippen molar-refractivity contribution >= 4 is 11.7 Å². The molecule has 0 fully saturated rings. The molecule has 4 nitrogen and oxygen atoms in total. The van der Waals surface area contributed by atoms with E-state index < -0.39 is 17.6 Å². The summed E-state index contributed by atoms with van der Waals surface area (Å²) in [5, 5.41) is 0. The molecule has 2 rings (SSSR count). The smallest absolute Gasteiger partial charge is 0.342 e. The van der Waals surface area contributed by atoms with Gasteiger partial charge in [-0.05, 0) is 30.3 Å². The van der Waals surface area contributed by atoms with Crippen molar-refractivity contribution in [3.63, 3.8) is 0 Å². The Morgan fingerprint density at radius 2 is 2.00 bits per heavy atom. The number of hydrogen-bond acceptors (Lipinski definition) is 4. The zero-order valence-corrected chi connectivity index (χ0v) is 11.2. The summed E-state index contributed by atoms with van der Waals surface area (Å²) < 4.78 is 36.5. The lowest BCUT2D eigenvalue weighted by molar-refractivity contribution is 0.0465. The highest BCUT2D eigenvalue weighted by molar-refractivity contribution is 5.94. The standard InChI is InChI=1S/C15H13F2NO3/c1-20-14-11(3-2-4-13(14)18)15(19)21-8-9-7-10(16)5-6-12(9)17/h2-7H,8,18H2,1H3. The molecule has 0 saturated carbocycles. The van der Waals surface area contributed by atoms with Gasteiger partial charge in [0.2, 0.25) is 0 Å². The van der Waals surface area contributed by atoms with Crippen LogP contribution in [0, 0.1) is 11.6 Å². The Bertz CT molecular complexity index is 674. The third-order valence-electron chi connectivity index (χ3n) is 2.84. The largest absolute Gasteiger partial charge is 0.494 e. The van der Waals surface area contributed by atoms with Crippen LogP contribution in [-0.2, 0) is 11.3 Å². The number of benzene rings is 2. The number of hydrogen-bond donors (Lipinski definition) is 1. The third-order valence-corrected chi connectivity index (χ3v) is 2.84. The molecule has 2 aromatic carbocycles. The van der Waals surface area contributed by atoms with Crippen LogP contribution in [0.2, 0.25) is 0 Å². The number of carbonyl (C=O) groups excluding carboxylic acids is 1. The molecule has 0 atom stereocenters. The Morgan fingerprint density at radius 1 is 1.24 bits per heavy atom. The highest BCUT2D eigenvalue weighted by Crippen LogP contribution is 2.26. The highest BCUT2D eigenvalue weighted by atomic mass is 19.1. The summed E-state index contributed by atoms with van der Waals surface area (Å²) in [4.78, 5) is 12.0. The number of para-hydroxylation sites is 1. The zero-order valence-electron chi connectivity index (χ0n) is 11.2. The number of rotatable bonds is 4. The number of nitrogens with two attached hydrogens (primary N) is 1. The average Bonchev–Trinajstić information content (AvgIpc) is 2.47. The molecule has 0 bridgehead atoms. The predicted octanol–water partition coefficient (Wildman–Crippen LogP) is 2.91. The second-order valence-corrected chi connectivity index (χ2v) is 4.24. The molecule has 0 heterocycles. The minimum Gasteiger partial charge on any atom is -0.494 e. The molecular formula is C15H13F2NO3. The molecule has 0 amide bonds. The number of nitrogen functional groups attached to an aromatic ring is 1. The minimum atomic E-state index is -0.734. The Kier molecular flexibility index (Phi) is 4.37. The fraction of sp³-hybridized carbons (Fsp3) is 0.133. The van der Waals surface area contributed by atoms with E-state index in [2.05, 4.69) is 0 Å². The summed E-state index contributed by atoms with van der Waals surface area (Å²) >= 11 is 0. The van der Waals surface area contributed by atoms with E-state index in [4.69, 9.17) is 15.2 Å². The van der Waals surface area contributed by atoms with Crippen LogP contribution in [0.15, 0.2) is 36.4 Å². The molecule has 0 aliphatic heterocycles. The van der Waals surface area contributed by atoms with Crippen LogP contribution in [-0.4, -0.2) is 13.1 Å². The molecule has 2 N–H and O–H groups in total. The maximum Gasteiger partial charge on any atom is 0.342 e. The first kappa shape index (κ1) is 14.8. The zero-order chi connectivity index (χ0) is 15.4. The van der Waals surface area contributed by atoms with Crippen molar-refractivity contribution in [2.45, 2.75) is 6.61 Å². The lowest BCUT2D eigenvalue weighted by Crippen LogP contribution is -2.09. The number of esters is 1. The monoisotopic (exact) mass is 293 g/mol. The van der Waals surface area contributed by atoms with Gasteiger partial charge in [0.25, 0.3) is 0 Å². The van der Waals surface area contributed by atoms with E-state index in [1.54, 1.807) is 12.1 Å². The maximum atomic E-state index is 13.4. The van der Waals surface area contributed by atoms with E-state index in [0.717, 1.165) is 18.2 Å². The highest BCUT2D eigenvalue weighted by Gasteiger charge is 2.16. The molecule has 0 unspecified atom stereocenters. The molecule has 0 radical (unpaired) electrons. The summed E-state index contributed by atoms with van der Waals surface area (Å²) in [6.07, 6.45) is 0. The van der Waals surface area contributed by atoms with Crippen LogP contribution in [0.3, 0.4) is 0 Å². The molecule has 110 valence electrons. The van der Waals surface area contributed by atoms with Gasteiger partial charge in [0.15, 0.2) is 5.75 Å². The van der Waals surface area contributed by atoms with Crippen LogP contribution in [0.1, 0.15) is 15.9 Å². The van der Waals surface area contributed by atoms with Gasteiger partial charge >= 0.3 is 5.97 Å². The SMILES string of the molecule is COc1c(N)cccc1C(=O)OCc1cc(F)ccc1F. The van der Waals surface area contributed by atoms with Crippen molar-refractivity contribution in [3.8, 4) is 5.75 Å². The molecule has 0 saturated heterocycles. The van der Waals surface area contributed by atoms with Gasteiger partial charge in [-0.2, -0.15) is 0 Å². The van der Waals surface area contributed by atoms with Crippen LogP contribution in [0.4, 0.5) is 14.5 Å². The van der Waals surface area contributed by atoms with E-state index in [0.29, 0.717) is 0 Å². The van der Waals surface area contributed by atoms with Crippen molar-refractivity contribution in [3.05, 3.63) is 59.2 Å². The fourth-order valence-electron chi connectivity index (χ4n) is 1.82. The van der Waals surface area contributed by atoms with Crippen molar-refractivity contribution < 1.29 is 23.0 Å². The summed E-state index contributed by atoms with van der Waals surface area (Å²) in [5.74, 6) is -1.81. The number of halogens is 2. The maximum absolute atomic E-state index is 13.4. The van der Waals surface area contributed by atoms with Crippen LogP contribution < -0.4 is 10.5 Å². The van der Waals surface area contributed by atoms with Crippen molar-refractivity contribution in [2.24, 2.45) is 0 Å². The van der Waals surface area contributed by atoms with E-state index in [1.165, 1.54) is 13.2 Å². The van der Waals surface area contributed by atoms with Gasteiger partial charge in [0, 0.05) is 5.56 Å². The Labute approximate surface area is 120 Å².